The quantitative estimate of drug-likeness (QED) is 0.543. The molecular formula is C25H32N6O2. The zero-order chi connectivity index (χ0) is 22.6. The summed E-state index contributed by atoms with van der Waals surface area (Å²) in [5, 5.41) is 6.66. The summed E-state index contributed by atoms with van der Waals surface area (Å²) in [7, 11) is 2.14. The van der Waals surface area contributed by atoms with Crippen LogP contribution in [-0.4, -0.2) is 56.1 Å². The van der Waals surface area contributed by atoms with E-state index in [-0.39, 0.29) is 18.1 Å². The topological polar surface area (TPSA) is 90.0 Å². The lowest BCUT2D eigenvalue weighted by molar-refractivity contribution is 0.0925. The molecule has 5 rings (SSSR count). The Morgan fingerprint density at radius 2 is 2.09 bits per heavy atom. The van der Waals surface area contributed by atoms with Gasteiger partial charge in [-0.3, -0.25) is 14.7 Å². The van der Waals surface area contributed by atoms with Gasteiger partial charge in [0.1, 0.15) is 5.75 Å². The van der Waals surface area contributed by atoms with Crippen molar-refractivity contribution in [3.05, 3.63) is 59.7 Å². The minimum atomic E-state index is -0.0721. The first-order valence-corrected chi connectivity index (χ1v) is 11.8. The van der Waals surface area contributed by atoms with E-state index in [1.807, 2.05) is 54.7 Å². The molecule has 3 aliphatic rings. The summed E-state index contributed by atoms with van der Waals surface area (Å²) in [5.74, 6) is 1.34. The zero-order valence-corrected chi connectivity index (χ0v) is 19.0. The van der Waals surface area contributed by atoms with E-state index in [4.69, 9.17) is 4.74 Å². The first-order valence-electron chi connectivity index (χ1n) is 11.8. The van der Waals surface area contributed by atoms with Crippen LogP contribution in [0.15, 0.2) is 53.5 Å². The second-order valence-electron chi connectivity index (χ2n) is 8.95. The number of carbonyl (C=O) groups is 1. The van der Waals surface area contributed by atoms with E-state index >= 15 is 0 Å². The van der Waals surface area contributed by atoms with Gasteiger partial charge in [0.15, 0.2) is 0 Å². The summed E-state index contributed by atoms with van der Waals surface area (Å²) in [6, 6.07) is 15.6. The molecule has 8 nitrogen and oxygen atoms in total. The Kier molecular flexibility index (Phi) is 6.57. The highest BCUT2D eigenvalue weighted by molar-refractivity contribution is 5.95. The van der Waals surface area contributed by atoms with E-state index in [2.05, 4.69) is 38.4 Å². The summed E-state index contributed by atoms with van der Waals surface area (Å²) in [5.41, 5.74) is 9.46. The molecule has 174 valence electrons. The van der Waals surface area contributed by atoms with Gasteiger partial charge in [-0.1, -0.05) is 24.3 Å². The molecule has 0 spiro atoms. The van der Waals surface area contributed by atoms with Crippen molar-refractivity contribution in [1.82, 2.24) is 21.1 Å². The van der Waals surface area contributed by atoms with Crippen molar-refractivity contribution in [2.75, 3.05) is 32.1 Å². The number of hydrazine groups is 1. The Bertz CT molecular complexity index is 1010. The number of likely N-dealkylation sites (N-methyl/N-ethyl adjacent to an activating group) is 1. The van der Waals surface area contributed by atoms with Gasteiger partial charge in [-0.15, -0.1) is 0 Å². The minimum Gasteiger partial charge on any atom is -0.493 e. The molecule has 2 aromatic rings. The SMILES string of the molecule is CN1C(CNc2cccc(C(=O)N[C@H]3CCOc4ccccc43)c2)NNC1C1CC=NCC1. The molecule has 1 amide bonds. The van der Waals surface area contributed by atoms with Crippen LogP contribution >= 0.6 is 0 Å². The Morgan fingerprint density at radius 3 is 2.97 bits per heavy atom. The van der Waals surface area contributed by atoms with Crippen molar-refractivity contribution < 1.29 is 9.53 Å². The van der Waals surface area contributed by atoms with Crippen molar-refractivity contribution in [2.45, 2.75) is 37.6 Å². The second-order valence-corrected chi connectivity index (χ2v) is 8.95. The van der Waals surface area contributed by atoms with E-state index in [0.29, 0.717) is 24.3 Å². The highest BCUT2D eigenvalue weighted by atomic mass is 16.5. The van der Waals surface area contributed by atoms with E-state index in [1.165, 1.54) is 0 Å². The lowest BCUT2D eigenvalue weighted by atomic mass is 9.96. The number of nitrogens with zero attached hydrogens (tertiary/aromatic N) is 2. The fraction of sp³-hybridized carbons (Fsp3) is 0.440. The number of amides is 1. The van der Waals surface area contributed by atoms with Crippen molar-refractivity contribution >= 4 is 17.8 Å². The molecule has 0 bridgehead atoms. The third kappa shape index (κ3) is 4.88. The Balaban J connectivity index is 1.18. The fourth-order valence-electron chi connectivity index (χ4n) is 4.89. The maximum absolute atomic E-state index is 13.0. The van der Waals surface area contributed by atoms with Gasteiger partial charge in [-0.05, 0) is 56.3 Å². The number of rotatable bonds is 6. The van der Waals surface area contributed by atoms with Crippen LogP contribution in [0.2, 0.25) is 0 Å². The van der Waals surface area contributed by atoms with Gasteiger partial charge in [0, 0.05) is 36.3 Å². The van der Waals surface area contributed by atoms with Crippen LogP contribution in [0.25, 0.3) is 0 Å². The average Bonchev–Trinajstić information content (AvgIpc) is 3.24. The van der Waals surface area contributed by atoms with Gasteiger partial charge in [-0.2, -0.15) is 0 Å². The number of fused-ring (bicyclic) bond motifs is 1. The van der Waals surface area contributed by atoms with Gasteiger partial charge >= 0.3 is 0 Å². The van der Waals surface area contributed by atoms with Crippen LogP contribution in [0.1, 0.15) is 41.2 Å². The molecule has 0 aliphatic carbocycles. The second kappa shape index (κ2) is 9.91. The first kappa shape index (κ1) is 21.9. The molecule has 3 unspecified atom stereocenters. The number of ether oxygens (including phenoxy) is 1. The smallest absolute Gasteiger partial charge is 0.251 e. The zero-order valence-electron chi connectivity index (χ0n) is 19.0. The van der Waals surface area contributed by atoms with Crippen molar-refractivity contribution in [2.24, 2.45) is 10.9 Å². The summed E-state index contributed by atoms with van der Waals surface area (Å²) in [4.78, 5) is 19.7. The molecule has 0 aromatic heterocycles. The van der Waals surface area contributed by atoms with E-state index < -0.39 is 0 Å². The highest BCUT2D eigenvalue weighted by Crippen LogP contribution is 2.31. The molecule has 4 atom stereocenters. The maximum Gasteiger partial charge on any atom is 0.251 e. The lowest BCUT2D eigenvalue weighted by Gasteiger charge is -2.30. The summed E-state index contributed by atoms with van der Waals surface area (Å²) >= 11 is 0. The normalized spacial score (nSPS) is 26.9. The highest BCUT2D eigenvalue weighted by Gasteiger charge is 2.35. The van der Waals surface area contributed by atoms with Crippen LogP contribution in [0.4, 0.5) is 5.69 Å². The first-order chi connectivity index (χ1) is 16.2. The Labute approximate surface area is 194 Å². The van der Waals surface area contributed by atoms with Gasteiger partial charge in [-0.25, -0.2) is 10.9 Å². The minimum absolute atomic E-state index is 0.0387. The molecule has 1 fully saturated rings. The number of para-hydroxylation sites is 1. The third-order valence-corrected chi connectivity index (χ3v) is 6.83. The molecule has 1 saturated heterocycles. The number of nitrogens with one attached hydrogen (secondary N) is 4. The largest absolute Gasteiger partial charge is 0.493 e. The predicted molar refractivity (Wildman–Crippen MR) is 129 cm³/mol. The third-order valence-electron chi connectivity index (χ3n) is 6.83. The van der Waals surface area contributed by atoms with E-state index in [1.54, 1.807) is 0 Å². The molecule has 4 N–H and O–H groups in total. The van der Waals surface area contributed by atoms with Gasteiger partial charge in [0.05, 0.1) is 25.0 Å². The van der Waals surface area contributed by atoms with E-state index in [9.17, 15) is 4.79 Å². The van der Waals surface area contributed by atoms with Crippen molar-refractivity contribution in [3.8, 4) is 5.75 Å². The van der Waals surface area contributed by atoms with Crippen LogP contribution in [0.5, 0.6) is 5.75 Å². The molecule has 0 radical (unpaired) electrons. The molecule has 33 heavy (non-hydrogen) atoms. The monoisotopic (exact) mass is 448 g/mol. The van der Waals surface area contributed by atoms with Crippen LogP contribution in [-0.2, 0) is 0 Å². The standard InChI is InChI=1S/C25H32N6O2/c1-31-23(29-30-24(31)17-9-12-26-13-10-17)16-27-19-6-4-5-18(15-19)25(32)28-21-11-14-33-22-8-3-2-7-20(21)22/h2-8,12,15,17,21,23-24,27,29-30H,9-11,13-14,16H2,1H3,(H,28,32)/t17?,21-,23?,24?/m0/s1. The number of aliphatic imine (C=N–C) groups is 1. The Morgan fingerprint density at radius 1 is 1.18 bits per heavy atom. The van der Waals surface area contributed by atoms with Crippen molar-refractivity contribution in [1.29, 1.82) is 0 Å². The van der Waals surface area contributed by atoms with Gasteiger partial charge in [0.25, 0.3) is 5.91 Å². The Hall–Kier alpha value is -2.94. The van der Waals surface area contributed by atoms with Crippen LogP contribution in [0, 0.1) is 5.92 Å². The van der Waals surface area contributed by atoms with Gasteiger partial charge < -0.3 is 15.4 Å². The number of anilines is 1. The number of carbonyl (C=O) groups excluding carboxylic acids is 1. The van der Waals surface area contributed by atoms with Crippen LogP contribution in [0.3, 0.4) is 0 Å². The average molecular weight is 449 g/mol. The predicted octanol–water partition coefficient (Wildman–Crippen LogP) is 2.52. The van der Waals surface area contributed by atoms with E-state index in [0.717, 1.165) is 49.4 Å². The molecular weight excluding hydrogens is 416 g/mol. The molecule has 3 heterocycles. The summed E-state index contributed by atoms with van der Waals surface area (Å²) < 4.78 is 5.71. The number of hydrogen-bond acceptors (Lipinski definition) is 7. The summed E-state index contributed by atoms with van der Waals surface area (Å²) in [6.07, 6.45) is 5.38. The molecule has 3 aliphatic heterocycles. The molecule has 2 aromatic carbocycles. The number of benzene rings is 2. The molecule has 0 saturated carbocycles. The number of hydrogen-bond donors (Lipinski definition) is 4. The molecule has 8 heteroatoms. The van der Waals surface area contributed by atoms with Crippen molar-refractivity contribution in [3.63, 3.8) is 0 Å². The summed E-state index contributed by atoms with van der Waals surface area (Å²) in [6.45, 7) is 2.24. The van der Waals surface area contributed by atoms with Gasteiger partial charge in [0.2, 0.25) is 0 Å². The lowest BCUT2D eigenvalue weighted by Crippen LogP contribution is -2.44. The maximum atomic E-state index is 13.0. The van der Waals surface area contributed by atoms with Crippen LogP contribution < -0.4 is 26.2 Å². The fourth-order valence-corrected chi connectivity index (χ4v) is 4.89.